The lowest BCUT2D eigenvalue weighted by atomic mass is 9.80. The van der Waals surface area contributed by atoms with E-state index < -0.39 is 70.6 Å². The van der Waals surface area contributed by atoms with Crippen LogP contribution in [0, 0.1) is 5.82 Å². The van der Waals surface area contributed by atoms with Gasteiger partial charge in [0.2, 0.25) is 5.91 Å². The van der Waals surface area contributed by atoms with Crippen LogP contribution < -0.4 is 16.1 Å². The number of phosphoric ester groups is 1. The number of esters is 2. The maximum Gasteiger partial charge on any atom is 0.488 e. The van der Waals surface area contributed by atoms with E-state index >= 15 is 0 Å². The standard InChI is InChI=1S/C53H95BFN2O14P/c1-3-5-7-9-11-13-15-17-19-21-23-25-27-29-31-33-51(59)68-43-48(71-52(60)34-32-30-28-26-24-22-20-18-16-14-12-10-8-6-4-2)44-70-72(64,65)69-38-37-56-53(61)67-40-39-66-45-50(58)57-42-46-35-36-47(54(62)63)41-49(46)55/h35-36,41,48,62-63H,3-34,37-40,42-45H2,1-2H3,(H,56,61)(H,57,58)(H,64,65)/t48-/m1/s1. The SMILES string of the molecule is CCCCCCCCCCCCCCCCCC(=O)OC[C@H](COP(=O)(O)OCCNC(=O)OCCOCC(=O)NCc1ccc(B(O)O)cc1F)OC(=O)CCCCCCCCCCCCCCCCC. The summed E-state index contributed by atoms with van der Waals surface area (Å²) >= 11 is 0. The number of carbonyl (C=O) groups excluding carboxylic acids is 4. The molecule has 5 N–H and O–H groups in total. The van der Waals surface area contributed by atoms with Crippen molar-refractivity contribution < 1.29 is 71.1 Å². The van der Waals surface area contributed by atoms with Crippen molar-refractivity contribution in [1.82, 2.24) is 10.6 Å². The number of halogens is 1. The Morgan fingerprint density at radius 2 is 1.07 bits per heavy atom. The molecule has 1 unspecified atom stereocenters. The van der Waals surface area contributed by atoms with Gasteiger partial charge in [0, 0.05) is 31.5 Å². The molecule has 19 heteroatoms. The molecule has 1 aromatic carbocycles. The van der Waals surface area contributed by atoms with Crippen molar-refractivity contribution in [2.24, 2.45) is 0 Å². The number of nitrogens with one attached hydrogen (secondary N) is 2. The maximum absolute atomic E-state index is 14.1. The fourth-order valence-corrected chi connectivity index (χ4v) is 8.70. The molecule has 0 aliphatic rings. The summed E-state index contributed by atoms with van der Waals surface area (Å²) in [6.45, 7) is 1.95. The number of alkyl carbamates (subject to hydrolysis) is 1. The van der Waals surface area contributed by atoms with Gasteiger partial charge in [-0.2, -0.15) is 0 Å². The first-order valence-electron chi connectivity index (χ1n) is 27.7. The molecular formula is C53H95BFN2O14P. The minimum atomic E-state index is -4.69. The topological polar surface area (TPSA) is 225 Å². The molecule has 1 rings (SSSR count). The second-order valence-corrected chi connectivity index (χ2v) is 20.4. The summed E-state index contributed by atoms with van der Waals surface area (Å²) in [5.41, 5.74) is 0.103. The summed E-state index contributed by atoms with van der Waals surface area (Å²) in [6.07, 6.45) is 34.4. The highest BCUT2D eigenvalue weighted by Gasteiger charge is 2.26. The van der Waals surface area contributed by atoms with E-state index in [2.05, 4.69) is 24.5 Å². The van der Waals surface area contributed by atoms with Crippen molar-refractivity contribution in [3.63, 3.8) is 0 Å². The van der Waals surface area contributed by atoms with Gasteiger partial charge in [0.25, 0.3) is 0 Å². The van der Waals surface area contributed by atoms with E-state index in [1.54, 1.807) is 0 Å². The summed E-state index contributed by atoms with van der Waals surface area (Å²) in [5, 5.41) is 23.1. The van der Waals surface area contributed by atoms with Crippen LogP contribution in [0.4, 0.5) is 9.18 Å². The van der Waals surface area contributed by atoms with Crippen LogP contribution in [0.25, 0.3) is 0 Å². The van der Waals surface area contributed by atoms with E-state index in [1.807, 2.05) is 0 Å². The van der Waals surface area contributed by atoms with Crippen LogP contribution in [-0.2, 0) is 53.5 Å². The van der Waals surface area contributed by atoms with Gasteiger partial charge in [0.05, 0.1) is 19.8 Å². The van der Waals surface area contributed by atoms with Gasteiger partial charge in [-0.1, -0.05) is 206 Å². The highest BCUT2D eigenvalue weighted by atomic mass is 31.2. The lowest BCUT2D eigenvalue weighted by Crippen LogP contribution is -2.32. The molecule has 0 saturated heterocycles. The Morgan fingerprint density at radius 1 is 0.597 bits per heavy atom. The number of phosphoric acid groups is 1. The van der Waals surface area contributed by atoms with Gasteiger partial charge in [-0.3, -0.25) is 23.4 Å². The second kappa shape index (κ2) is 46.4. The van der Waals surface area contributed by atoms with Crippen LogP contribution in [0.2, 0.25) is 0 Å². The molecule has 16 nitrogen and oxygen atoms in total. The molecule has 2 amide bonds. The summed E-state index contributed by atoms with van der Waals surface area (Å²) < 4.78 is 57.9. The van der Waals surface area contributed by atoms with E-state index in [4.69, 9.17) is 38.0 Å². The van der Waals surface area contributed by atoms with Gasteiger partial charge in [0.15, 0.2) is 6.10 Å². The zero-order valence-corrected chi connectivity index (χ0v) is 45.2. The molecular weight excluding hydrogens is 949 g/mol. The molecule has 0 saturated carbocycles. The van der Waals surface area contributed by atoms with E-state index in [1.165, 1.54) is 153 Å². The van der Waals surface area contributed by atoms with Crippen LogP contribution in [0.3, 0.4) is 0 Å². The van der Waals surface area contributed by atoms with Crippen molar-refractivity contribution in [1.29, 1.82) is 0 Å². The monoisotopic (exact) mass is 1040 g/mol. The van der Waals surface area contributed by atoms with Gasteiger partial charge in [0.1, 0.15) is 25.6 Å². The van der Waals surface area contributed by atoms with Crippen molar-refractivity contribution in [2.75, 3.05) is 46.2 Å². The minimum absolute atomic E-state index is 0.0260. The Labute approximate surface area is 432 Å². The molecule has 0 aromatic heterocycles. The predicted molar refractivity (Wildman–Crippen MR) is 280 cm³/mol. The first-order valence-corrected chi connectivity index (χ1v) is 29.2. The summed E-state index contributed by atoms with van der Waals surface area (Å²) in [7, 11) is -6.51. The van der Waals surface area contributed by atoms with E-state index in [0.717, 1.165) is 44.6 Å². The molecule has 0 aliphatic carbocycles. The molecule has 0 radical (unpaired) electrons. The highest BCUT2D eigenvalue weighted by Crippen LogP contribution is 2.43. The third-order valence-electron chi connectivity index (χ3n) is 12.3. The van der Waals surface area contributed by atoms with Crippen LogP contribution in [0.15, 0.2) is 18.2 Å². The average Bonchev–Trinajstić information content (AvgIpc) is 3.35. The van der Waals surface area contributed by atoms with Crippen LogP contribution in [-0.4, -0.2) is 98.3 Å². The number of rotatable bonds is 50. The minimum Gasteiger partial charge on any atom is -0.462 e. The Balaban J connectivity index is 2.38. The predicted octanol–water partition coefficient (Wildman–Crippen LogP) is 11.0. The van der Waals surface area contributed by atoms with E-state index in [-0.39, 0.29) is 56.8 Å². The lowest BCUT2D eigenvalue weighted by molar-refractivity contribution is -0.161. The first-order chi connectivity index (χ1) is 34.9. The molecule has 72 heavy (non-hydrogen) atoms. The van der Waals surface area contributed by atoms with Crippen molar-refractivity contribution in [2.45, 2.75) is 232 Å². The summed E-state index contributed by atoms with van der Waals surface area (Å²) in [6, 6.07) is 3.59. The Morgan fingerprint density at radius 3 is 1.54 bits per heavy atom. The third-order valence-corrected chi connectivity index (χ3v) is 13.3. The number of carbonyl (C=O) groups is 4. The van der Waals surface area contributed by atoms with Gasteiger partial charge in [-0.05, 0) is 24.4 Å². The van der Waals surface area contributed by atoms with E-state index in [0.29, 0.717) is 12.8 Å². The van der Waals surface area contributed by atoms with E-state index in [9.17, 15) is 33.0 Å². The number of hydrogen-bond acceptors (Lipinski definition) is 13. The molecule has 0 aliphatic heterocycles. The van der Waals surface area contributed by atoms with Gasteiger partial charge in [-0.25, -0.2) is 13.8 Å². The molecule has 0 spiro atoms. The van der Waals surface area contributed by atoms with Crippen LogP contribution >= 0.6 is 7.82 Å². The molecule has 1 aromatic rings. The normalized spacial score (nSPS) is 12.5. The number of amides is 2. The Hall–Kier alpha value is -3.12. The van der Waals surface area contributed by atoms with Crippen LogP contribution in [0.1, 0.15) is 225 Å². The van der Waals surface area contributed by atoms with Gasteiger partial charge < -0.3 is 44.5 Å². The Kier molecular flexibility index (Phi) is 43.1. The quantitative estimate of drug-likeness (QED) is 0.0135. The van der Waals surface area contributed by atoms with Crippen molar-refractivity contribution in [3.8, 4) is 0 Å². The Bertz CT molecular complexity index is 1580. The van der Waals surface area contributed by atoms with Gasteiger partial charge in [-0.15, -0.1) is 0 Å². The number of benzene rings is 1. The molecule has 0 bridgehead atoms. The zero-order chi connectivity index (χ0) is 52.8. The molecule has 0 fully saturated rings. The summed E-state index contributed by atoms with van der Waals surface area (Å²) in [5.74, 6) is -2.26. The number of ether oxygens (including phenoxy) is 4. The fourth-order valence-electron chi connectivity index (χ4n) is 7.95. The number of unbranched alkanes of at least 4 members (excludes halogenated alkanes) is 28. The summed E-state index contributed by atoms with van der Waals surface area (Å²) in [4.78, 5) is 59.9. The lowest BCUT2D eigenvalue weighted by Gasteiger charge is -2.20. The molecule has 2 atom stereocenters. The molecule has 0 heterocycles. The van der Waals surface area contributed by atoms with Gasteiger partial charge >= 0.3 is 33.0 Å². The number of hydrogen-bond donors (Lipinski definition) is 5. The van der Waals surface area contributed by atoms with Crippen molar-refractivity contribution in [3.05, 3.63) is 29.6 Å². The largest absolute Gasteiger partial charge is 0.488 e. The molecule has 416 valence electrons. The maximum atomic E-state index is 14.1. The first kappa shape index (κ1) is 66.9. The third kappa shape index (κ3) is 41.3. The fraction of sp³-hybridized carbons (Fsp3) is 0.811. The van der Waals surface area contributed by atoms with Crippen molar-refractivity contribution >= 4 is 44.3 Å². The smallest absolute Gasteiger partial charge is 0.462 e. The zero-order valence-electron chi connectivity index (χ0n) is 44.3. The average molecular weight is 1050 g/mol. The second-order valence-electron chi connectivity index (χ2n) is 18.9. The highest BCUT2D eigenvalue weighted by molar-refractivity contribution is 7.47. The van der Waals surface area contributed by atoms with Crippen LogP contribution in [0.5, 0.6) is 0 Å².